The zero-order valence-electron chi connectivity index (χ0n) is 11.9. The maximum atomic E-state index is 12.1. The van der Waals surface area contributed by atoms with Crippen LogP contribution in [0, 0.1) is 11.3 Å². The number of nitrogens with one attached hydrogen (secondary N) is 1. The van der Waals surface area contributed by atoms with Crippen molar-refractivity contribution in [2.45, 2.75) is 20.8 Å². The van der Waals surface area contributed by atoms with Crippen molar-refractivity contribution in [3.8, 4) is 5.75 Å². The molecule has 0 heterocycles. The highest BCUT2D eigenvalue weighted by atomic mass is 35.5. The molecule has 0 radical (unpaired) electrons. The third-order valence-electron chi connectivity index (χ3n) is 2.79. The molecule has 5 nitrogen and oxygen atoms in total. The number of carboxylic acid groups (broad SMARTS) is 1. The Morgan fingerprint density at radius 1 is 1.35 bits per heavy atom. The molecule has 0 saturated heterocycles. The fourth-order valence-electron chi connectivity index (χ4n) is 1.83. The van der Waals surface area contributed by atoms with Gasteiger partial charge < -0.3 is 15.2 Å². The van der Waals surface area contributed by atoms with Gasteiger partial charge in [0.2, 0.25) is 5.91 Å². The molecule has 1 rings (SSSR count). The Morgan fingerprint density at radius 3 is 2.35 bits per heavy atom. The standard InChI is InChI=1S/C14H18ClNO4/c1-14(2,3)11(13(18)19)12(17)16-8-5-6-10(20-4)9(15)7-8/h5-7,11H,1-4H3,(H,16,17)(H,18,19). The molecular weight excluding hydrogens is 282 g/mol. The summed E-state index contributed by atoms with van der Waals surface area (Å²) in [5.74, 6) is -2.40. The average Bonchev–Trinajstić information content (AvgIpc) is 2.26. The van der Waals surface area contributed by atoms with Crippen molar-refractivity contribution in [3.05, 3.63) is 23.2 Å². The minimum Gasteiger partial charge on any atom is -0.495 e. The van der Waals surface area contributed by atoms with Crippen molar-refractivity contribution < 1.29 is 19.4 Å². The molecule has 1 atom stereocenters. The van der Waals surface area contributed by atoms with Crippen molar-refractivity contribution in [2.24, 2.45) is 11.3 Å². The van der Waals surface area contributed by atoms with Crippen LogP contribution in [0.4, 0.5) is 5.69 Å². The topological polar surface area (TPSA) is 75.6 Å². The number of anilines is 1. The number of amides is 1. The van der Waals surface area contributed by atoms with Crippen LogP contribution < -0.4 is 10.1 Å². The fourth-order valence-corrected chi connectivity index (χ4v) is 2.09. The van der Waals surface area contributed by atoms with E-state index in [1.165, 1.54) is 13.2 Å². The van der Waals surface area contributed by atoms with E-state index in [0.29, 0.717) is 16.5 Å². The van der Waals surface area contributed by atoms with Crippen LogP contribution in [-0.4, -0.2) is 24.1 Å². The number of carbonyl (C=O) groups excluding carboxylic acids is 1. The van der Waals surface area contributed by atoms with Gasteiger partial charge in [-0.1, -0.05) is 32.4 Å². The van der Waals surface area contributed by atoms with Crippen LogP contribution in [0.15, 0.2) is 18.2 Å². The van der Waals surface area contributed by atoms with E-state index in [9.17, 15) is 14.7 Å². The molecule has 0 saturated carbocycles. The Labute approximate surface area is 122 Å². The van der Waals surface area contributed by atoms with Gasteiger partial charge in [0.05, 0.1) is 12.1 Å². The van der Waals surface area contributed by atoms with Gasteiger partial charge in [-0.3, -0.25) is 9.59 Å². The van der Waals surface area contributed by atoms with Gasteiger partial charge in [-0.2, -0.15) is 0 Å². The van der Waals surface area contributed by atoms with Crippen LogP contribution >= 0.6 is 11.6 Å². The molecule has 0 bridgehead atoms. The van der Waals surface area contributed by atoms with E-state index in [0.717, 1.165) is 0 Å². The van der Waals surface area contributed by atoms with Crippen molar-refractivity contribution in [2.75, 3.05) is 12.4 Å². The van der Waals surface area contributed by atoms with E-state index >= 15 is 0 Å². The number of halogens is 1. The van der Waals surface area contributed by atoms with Gasteiger partial charge >= 0.3 is 5.97 Å². The largest absolute Gasteiger partial charge is 0.495 e. The summed E-state index contributed by atoms with van der Waals surface area (Å²) >= 11 is 5.95. The normalized spacial score (nSPS) is 12.7. The second-order valence-corrected chi connectivity index (χ2v) is 5.88. The summed E-state index contributed by atoms with van der Waals surface area (Å²) in [4.78, 5) is 23.3. The van der Waals surface area contributed by atoms with Crippen LogP contribution in [0.5, 0.6) is 5.75 Å². The van der Waals surface area contributed by atoms with Gasteiger partial charge in [0.1, 0.15) is 11.7 Å². The number of hydrogen-bond donors (Lipinski definition) is 2. The lowest BCUT2D eigenvalue weighted by atomic mass is 9.80. The number of hydrogen-bond acceptors (Lipinski definition) is 3. The lowest BCUT2D eigenvalue weighted by molar-refractivity contribution is -0.149. The monoisotopic (exact) mass is 299 g/mol. The van der Waals surface area contributed by atoms with Crippen LogP contribution in [-0.2, 0) is 9.59 Å². The average molecular weight is 300 g/mol. The van der Waals surface area contributed by atoms with E-state index in [2.05, 4.69) is 5.32 Å². The molecule has 1 amide bonds. The molecule has 110 valence electrons. The van der Waals surface area contributed by atoms with E-state index in [1.807, 2.05) is 0 Å². The summed E-state index contributed by atoms with van der Waals surface area (Å²) in [6.07, 6.45) is 0. The van der Waals surface area contributed by atoms with Crippen molar-refractivity contribution in [1.29, 1.82) is 0 Å². The van der Waals surface area contributed by atoms with Crippen LogP contribution in [0.2, 0.25) is 5.02 Å². The summed E-state index contributed by atoms with van der Waals surface area (Å²) in [6.45, 7) is 5.10. The number of carboxylic acids is 1. The van der Waals surface area contributed by atoms with Gasteiger partial charge in [-0.05, 0) is 23.6 Å². The van der Waals surface area contributed by atoms with Gasteiger partial charge in [0, 0.05) is 5.69 Å². The molecule has 0 spiro atoms. The maximum Gasteiger partial charge on any atom is 0.316 e. The smallest absolute Gasteiger partial charge is 0.316 e. The zero-order chi connectivity index (χ0) is 15.5. The Balaban J connectivity index is 2.94. The zero-order valence-corrected chi connectivity index (χ0v) is 12.6. The van der Waals surface area contributed by atoms with Gasteiger partial charge in [-0.15, -0.1) is 0 Å². The van der Waals surface area contributed by atoms with Crippen LogP contribution in [0.1, 0.15) is 20.8 Å². The predicted octanol–water partition coefficient (Wildman–Crippen LogP) is 3.03. The van der Waals surface area contributed by atoms with Crippen LogP contribution in [0.3, 0.4) is 0 Å². The highest BCUT2D eigenvalue weighted by Gasteiger charge is 2.37. The molecule has 1 aromatic rings. The number of carbonyl (C=O) groups is 2. The van der Waals surface area contributed by atoms with Crippen molar-refractivity contribution in [3.63, 3.8) is 0 Å². The van der Waals surface area contributed by atoms with E-state index in [-0.39, 0.29) is 0 Å². The van der Waals surface area contributed by atoms with Gasteiger partial charge in [-0.25, -0.2) is 0 Å². The Hall–Kier alpha value is -1.75. The van der Waals surface area contributed by atoms with E-state index < -0.39 is 23.2 Å². The first-order valence-corrected chi connectivity index (χ1v) is 6.42. The second-order valence-electron chi connectivity index (χ2n) is 5.48. The minimum absolute atomic E-state index is 0.341. The maximum absolute atomic E-state index is 12.1. The Morgan fingerprint density at radius 2 is 1.95 bits per heavy atom. The Bertz CT molecular complexity index is 522. The predicted molar refractivity (Wildman–Crippen MR) is 77.2 cm³/mol. The molecule has 6 heteroatoms. The van der Waals surface area contributed by atoms with Gasteiger partial charge in [0.25, 0.3) is 0 Å². The Kier molecular flexibility index (Phi) is 5.00. The molecule has 1 aromatic carbocycles. The van der Waals surface area contributed by atoms with Gasteiger partial charge in [0.15, 0.2) is 0 Å². The quantitative estimate of drug-likeness (QED) is 0.838. The number of benzene rings is 1. The number of methoxy groups -OCH3 is 1. The molecule has 2 N–H and O–H groups in total. The molecule has 1 unspecified atom stereocenters. The lowest BCUT2D eigenvalue weighted by Gasteiger charge is -2.25. The SMILES string of the molecule is COc1ccc(NC(=O)C(C(=O)O)C(C)(C)C)cc1Cl. The fraction of sp³-hybridized carbons (Fsp3) is 0.429. The first-order valence-electron chi connectivity index (χ1n) is 6.04. The lowest BCUT2D eigenvalue weighted by Crippen LogP contribution is -2.39. The van der Waals surface area contributed by atoms with Crippen LogP contribution in [0.25, 0.3) is 0 Å². The third-order valence-corrected chi connectivity index (χ3v) is 3.09. The first kappa shape index (κ1) is 16.3. The molecule has 0 fully saturated rings. The minimum atomic E-state index is -1.16. The molecule has 0 aliphatic carbocycles. The summed E-state index contributed by atoms with van der Waals surface area (Å²) in [5.41, 5.74) is -0.261. The van der Waals surface area contributed by atoms with E-state index in [4.69, 9.17) is 16.3 Å². The van der Waals surface area contributed by atoms with Crippen molar-refractivity contribution in [1.82, 2.24) is 0 Å². The summed E-state index contributed by atoms with van der Waals surface area (Å²) < 4.78 is 5.01. The molecular formula is C14H18ClNO4. The summed E-state index contributed by atoms with van der Waals surface area (Å²) in [5, 5.41) is 12.1. The number of rotatable bonds is 4. The summed E-state index contributed by atoms with van der Waals surface area (Å²) in [7, 11) is 1.49. The van der Waals surface area contributed by atoms with Crippen molar-refractivity contribution >= 4 is 29.2 Å². The highest BCUT2D eigenvalue weighted by molar-refractivity contribution is 6.32. The molecule has 20 heavy (non-hydrogen) atoms. The van der Waals surface area contributed by atoms with E-state index in [1.54, 1.807) is 32.9 Å². The molecule has 0 aromatic heterocycles. The summed E-state index contributed by atoms with van der Waals surface area (Å²) in [6, 6.07) is 4.72. The first-order chi connectivity index (χ1) is 9.16. The number of aliphatic carboxylic acids is 1. The third kappa shape index (κ3) is 3.87. The number of ether oxygens (including phenoxy) is 1. The highest BCUT2D eigenvalue weighted by Crippen LogP contribution is 2.30. The molecule has 0 aliphatic heterocycles. The molecule has 0 aliphatic rings. The second kappa shape index (κ2) is 6.13.